The van der Waals surface area contributed by atoms with Gasteiger partial charge in [-0.15, -0.1) is 9.78 Å². The number of fused-ring (bicyclic) bond motifs is 1. The van der Waals surface area contributed by atoms with Gasteiger partial charge in [0.05, 0.1) is 11.4 Å². The second kappa shape index (κ2) is 4.76. The van der Waals surface area contributed by atoms with Crippen LogP contribution in [-0.4, -0.2) is 37.4 Å². The van der Waals surface area contributed by atoms with Crippen molar-refractivity contribution in [1.82, 2.24) is 30.1 Å². The predicted octanol–water partition coefficient (Wildman–Crippen LogP) is 1.50. The number of para-hydroxylation sites is 1. The third-order valence-corrected chi connectivity index (χ3v) is 2.96. The first-order chi connectivity index (χ1) is 9.72. The molecule has 0 radical (unpaired) electrons. The average molecular weight is 270 g/mol. The van der Waals surface area contributed by atoms with Crippen molar-refractivity contribution in [1.29, 1.82) is 0 Å². The minimum atomic E-state index is -0.313. The second-order valence-corrected chi connectivity index (χ2v) is 4.34. The zero-order chi connectivity index (χ0) is 14.1. The Balaban J connectivity index is 2.23. The van der Waals surface area contributed by atoms with Crippen molar-refractivity contribution in [3.05, 3.63) is 36.0 Å². The monoisotopic (exact) mass is 270 g/mol. The maximum Gasteiger partial charge on any atom is 0.345 e. The van der Waals surface area contributed by atoms with Crippen LogP contribution in [0.25, 0.3) is 16.9 Å². The van der Waals surface area contributed by atoms with Crippen molar-refractivity contribution in [3.8, 4) is 5.69 Å². The Labute approximate surface area is 115 Å². The van der Waals surface area contributed by atoms with Crippen LogP contribution in [0.1, 0.15) is 12.6 Å². The lowest BCUT2D eigenvalue weighted by Gasteiger charge is -2.05. The summed E-state index contributed by atoms with van der Waals surface area (Å²) in [6.07, 6.45) is 0. The summed E-state index contributed by atoms with van der Waals surface area (Å²) in [7, 11) is 0. The summed E-state index contributed by atoms with van der Waals surface area (Å²) in [6, 6.07) is 9.28. The van der Waals surface area contributed by atoms with Crippen molar-refractivity contribution >= 4 is 17.2 Å². The highest BCUT2D eigenvalue weighted by Gasteiger charge is 2.19. The van der Waals surface area contributed by atoms with Crippen molar-refractivity contribution in [3.63, 3.8) is 0 Å². The fraction of sp³-hybridized carbons (Fsp3) is 0.231. The first-order valence-corrected chi connectivity index (χ1v) is 6.37. The van der Waals surface area contributed by atoms with Crippen molar-refractivity contribution in [2.24, 2.45) is 0 Å². The van der Waals surface area contributed by atoms with Crippen LogP contribution in [0.15, 0.2) is 30.3 Å². The molecule has 0 spiro atoms. The van der Waals surface area contributed by atoms with Crippen LogP contribution in [0.2, 0.25) is 0 Å². The summed E-state index contributed by atoms with van der Waals surface area (Å²) in [5, 5.41) is 15.1. The Morgan fingerprint density at radius 3 is 2.75 bits per heavy atom. The highest BCUT2D eigenvalue weighted by Crippen LogP contribution is 2.19. The topological polar surface area (TPSA) is 77.6 Å². The van der Waals surface area contributed by atoms with E-state index in [1.165, 1.54) is 4.68 Å². The zero-order valence-corrected chi connectivity index (χ0v) is 11.2. The van der Waals surface area contributed by atoms with E-state index in [1.807, 2.05) is 44.2 Å². The number of hydrogen-bond acceptors (Lipinski definition) is 4. The van der Waals surface area contributed by atoms with E-state index in [0.717, 1.165) is 11.4 Å². The average Bonchev–Trinajstić information content (AvgIpc) is 3.02. The zero-order valence-electron chi connectivity index (χ0n) is 11.2. The molecule has 7 nitrogen and oxygen atoms in total. The van der Waals surface area contributed by atoms with E-state index in [-0.39, 0.29) is 6.03 Å². The van der Waals surface area contributed by atoms with E-state index < -0.39 is 0 Å². The number of nitrogens with zero attached hydrogens (tertiary/aromatic N) is 5. The quantitative estimate of drug-likeness (QED) is 0.765. The summed E-state index contributed by atoms with van der Waals surface area (Å²) >= 11 is 0. The lowest BCUT2D eigenvalue weighted by molar-refractivity contribution is 0.240. The molecule has 2 aromatic heterocycles. The van der Waals surface area contributed by atoms with Gasteiger partial charge in [-0.05, 0) is 26.0 Å². The summed E-state index contributed by atoms with van der Waals surface area (Å²) in [5.41, 5.74) is 2.79. The molecule has 2 heterocycles. The molecule has 1 amide bonds. The molecule has 102 valence electrons. The molecule has 1 N–H and O–H groups in total. The molecule has 0 saturated carbocycles. The Morgan fingerprint density at radius 2 is 2.05 bits per heavy atom. The maximum absolute atomic E-state index is 12.0. The van der Waals surface area contributed by atoms with Gasteiger partial charge in [0.2, 0.25) is 0 Å². The number of nitrogens with one attached hydrogen (secondary N) is 1. The van der Waals surface area contributed by atoms with Gasteiger partial charge in [-0.25, -0.2) is 9.48 Å². The number of benzene rings is 1. The predicted molar refractivity (Wildman–Crippen MR) is 73.9 cm³/mol. The highest BCUT2D eigenvalue weighted by atomic mass is 16.2. The maximum atomic E-state index is 12.0. The first-order valence-electron chi connectivity index (χ1n) is 6.37. The van der Waals surface area contributed by atoms with Crippen LogP contribution in [0.4, 0.5) is 4.79 Å². The number of carbonyl (C=O) groups excluding carboxylic acids is 1. The molecule has 0 bridgehead atoms. The molecular formula is C13H14N6O. The summed E-state index contributed by atoms with van der Waals surface area (Å²) in [6.45, 7) is 4.23. The van der Waals surface area contributed by atoms with E-state index in [1.54, 1.807) is 4.68 Å². The molecule has 0 aliphatic carbocycles. The van der Waals surface area contributed by atoms with Crippen molar-refractivity contribution in [2.45, 2.75) is 13.8 Å². The number of aryl methyl sites for hydroxylation is 1. The third kappa shape index (κ3) is 1.83. The fourth-order valence-electron chi connectivity index (χ4n) is 2.06. The SMILES string of the molecule is CCNC(=O)n1nnc2c(C)nn(-c3ccccc3)c21. The van der Waals surface area contributed by atoms with Gasteiger partial charge in [-0.3, -0.25) is 0 Å². The molecule has 1 aromatic carbocycles. The van der Waals surface area contributed by atoms with Gasteiger partial charge in [0.1, 0.15) is 0 Å². The van der Waals surface area contributed by atoms with E-state index in [4.69, 9.17) is 0 Å². The van der Waals surface area contributed by atoms with E-state index in [9.17, 15) is 4.79 Å². The van der Waals surface area contributed by atoms with Gasteiger partial charge >= 0.3 is 6.03 Å². The molecule has 0 atom stereocenters. The van der Waals surface area contributed by atoms with Gasteiger partial charge in [0.25, 0.3) is 0 Å². The molecule has 0 saturated heterocycles. The lowest BCUT2D eigenvalue weighted by Crippen LogP contribution is -2.29. The minimum Gasteiger partial charge on any atom is -0.336 e. The van der Waals surface area contributed by atoms with Crippen LogP contribution in [-0.2, 0) is 0 Å². The molecule has 3 rings (SSSR count). The Bertz CT molecular complexity index is 758. The molecule has 0 aliphatic rings. The molecule has 3 aromatic rings. The summed E-state index contributed by atoms with van der Waals surface area (Å²) < 4.78 is 2.92. The second-order valence-electron chi connectivity index (χ2n) is 4.34. The Kier molecular flexibility index (Phi) is 2.94. The van der Waals surface area contributed by atoms with Gasteiger partial charge in [0.15, 0.2) is 11.2 Å². The largest absolute Gasteiger partial charge is 0.345 e. The molecule has 20 heavy (non-hydrogen) atoms. The highest BCUT2D eigenvalue weighted by molar-refractivity contribution is 5.87. The number of amides is 1. The molecule has 0 aliphatic heterocycles. The molecular weight excluding hydrogens is 256 g/mol. The summed E-state index contributed by atoms with van der Waals surface area (Å²) in [4.78, 5) is 12.0. The summed E-state index contributed by atoms with van der Waals surface area (Å²) in [5.74, 6) is 0. The molecule has 0 unspecified atom stereocenters. The van der Waals surface area contributed by atoms with Gasteiger partial charge in [-0.1, -0.05) is 23.4 Å². The fourth-order valence-corrected chi connectivity index (χ4v) is 2.06. The lowest BCUT2D eigenvalue weighted by atomic mass is 10.3. The minimum absolute atomic E-state index is 0.313. The number of hydrogen-bond donors (Lipinski definition) is 1. The Morgan fingerprint density at radius 1 is 1.30 bits per heavy atom. The van der Waals surface area contributed by atoms with Crippen molar-refractivity contribution in [2.75, 3.05) is 6.54 Å². The van der Waals surface area contributed by atoms with Crippen LogP contribution < -0.4 is 5.32 Å². The first kappa shape index (κ1) is 12.3. The number of carbonyl (C=O) groups is 1. The number of rotatable bonds is 2. The van der Waals surface area contributed by atoms with Gasteiger partial charge in [-0.2, -0.15) is 5.10 Å². The van der Waals surface area contributed by atoms with Crippen LogP contribution in [0.3, 0.4) is 0 Å². The Hall–Kier alpha value is -2.70. The molecule has 7 heteroatoms. The van der Waals surface area contributed by atoms with E-state index >= 15 is 0 Å². The normalized spacial score (nSPS) is 10.9. The van der Waals surface area contributed by atoms with Crippen molar-refractivity contribution < 1.29 is 4.79 Å². The van der Waals surface area contributed by atoms with Crippen LogP contribution in [0.5, 0.6) is 0 Å². The number of aromatic nitrogens is 5. The van der Waals surface area contributed by atoms with Gasteiger partial charge < -0.3 is 5.32 Å². The van der Waals surface area contributed by atoms with E-state index in [2.05, 4.69) is 20.7 Å². The smallest absolute Gasteiger partial charge is 0.336 e. The van der Waals surface area contributed by atoms with E-state index in [0.29, 0.717) is 17.7 Å². The third-order valence-electron chi connectivity index (χ3n) is 2.96. The van der Waals surface area contributed by atoms with Gasteiger partial charge in [0, 0.05) is 6.54 Å². The standard InChI is InChI=1S/C13H14N6O/c1-3-14-13(20)19-12-11(15-17-19)9(2)16-18(12)10-7-5-4-6-8-10/h4-8H,3H2,1-2H3,(H,14,20). The van der Waals surface area contributed by atoms with Crippen LogP contribution in [0, 0.1) is 6.92 Å². The molecule has 0 fully saturated rings. The van der Waals surface area contributed by atoms with Crippen LogP contribution >= 0.6 is 0 Å².